The molecule has 3 aromatic carbocycles. The molecule has 0 radical (unpaired) electrons. The molecule has 1 heterocycles. The van der Waals surface area contributed by atoms with Gasteiger partial charge in [0.05, 0.1) is 23.1 Å². The van der Waals surface area contributed by atoms with Crippen LogP contribution in [0.4, 0.5) is 5.69 Å². The van der Waals surface area contributed by atoms with Gasteiger partial charge in [-0.1, -0.05) is 66.7 Å². The molecule has 0 spiro atoms. The van der Waals surface area contributed by atoms with E-state index >= 15 is 0 Å². The number of nitrogens with zero attached hydrogens (tertiary/aromatic N) is 1. The summed E-state index contributed by atoms with van der Waals surface area (Å²) in [7, 11) is 0. The standard InChI is InChI=1S/C32H25NO5/c34-27(20-8-6-19(7-9-20)18-4-2-1-3-5-18)17-38-32(37)21-10-12-22(13-11-21)33-30(35)28-23-14-15-24(26-16-25(23)26)29(28)31(33)36/h1-15,23-26,28-29H,16-17H2. The van der Waals surface area contributed by atoms with Crippen molar-refractivity contribution in [2.45, 2.75) is 6.42 Å². The molecule has 5 aliphatic rings. The maximum Gasteiger partial charge on any atom is 0.338 e. The van der Waals surface area contributed by atoms with E-state index in [1.807, 2.05) is 42.5 Å². The van der Waals surface area contributed by atoms with Crippen molar-refractivity contribution in [2.75, 3.05) is 11.5 Å². The van der Waals surface area contributed by atoms with Gasteiger partial charge in [-0.25, -0.2) is 4.79 Å². The number of hydrogen-bond donors (Lipinski definition) is 0. The number of benzene rings is 3. The molecule has 2 amide bonds. The van der Waals surface area contributed by atoms with Crippen molar-refractivity contribution in [2.24, 2.45) is 35.5 Å². The van der Waals surface area contributed by atoms with E-state index in [0.717, 1.165) is 17.5 Å². The van der Waals surface area contributed by atoms with Crippen LogP contribution < -0.4 is 4.90 Å². The summed E-state index contributed by atoms with van der Waals surface area (Å²) in [4.78, 5) is 53.0. The first-order valence-electron chi connectivity index (χ1n) is 13.0. The monoisotopic (exact) mass is 503 g/mol. The fourth-order valence-corrected chi connectivity index (χ4v) is 6.73. The summed E-state index contributed by atoms with van der Waals surface area (Å²) in [6.45, 7) is -0.379. The Morgan fingerprint density at radius 1 is 0.711 bits per heavy atom. The smallest absolute Gasteiger partial charge is 0.338 e. The third kappa shape index (κ3) is 3.55. The number of allylic oxidation sites excluding steroid dienone is 2. The summed E-state index contributed by atoms with van der Waals surface area (Å²) < 4.78 is 5.25. The van der Waals surface area contributed by atoms with E-state index in [1.54, 1.807) is 24.3 Å². The Balaban J connectivity index is 0.994. The van der Waals surface area contributed by atoms with Gasteiger partial charge in [0.15, 0.2) is 12.4 Å². The third-order valence-electron chi connectivity index (χ3n) is 8.67. The van der Waals surface area contributed by atoms with Crippen LogP contribution in [0.5, 0.6) is 0 Å². The average molecular weight is 504 g/mol. The van der Waals surface area contributed by atoms with Crippen LogP contribution >= 0.6 is 0 Å². The highest BCUT2D eigenvalue weighted by Gasteiger charge is 2.67. The van der Waals surface area contributed by atoms with E-state index in [1.165, 1.54) is 17.0 Å². The number of carbonyl (C=O) groups is 4. The number of rotatable bonds is 6. The second-order valence-electron chi connectivity index (χ2n) is 10.7. The van der Waals surface area contributed by atoms with Crippen LogP contribution in [0, 0.1) is 35.5 Å². The molecule has 3 fully saturated rings. The van der Waals surface area contributed by atoms with Gasteiger partial charge >= 0.3 is 5.97 Å². The topological polar surface area (TPSA) is 80.8 Å². The minimum atomic E-state index is -0.638. The van der Waals surface area contributed by atoms with Gasteiger partial charge in [-0.05, 0) is 65.5 Å². The van der Waals surface area contributed by atoms with Crippen LogP contribution in [0.2, 0.25) is 0 Å². The molecule has 6 nitrogen and oxygen atoms in total. The van der Waals surface area contributed by atoms with Crippen LogP contribution in [-0.2, 0) is 14.3 Å². The number of esters is 1. The second-order valence-corrected chi connectivity index (χ2v) is 10.7. The van der Waals surface area contributed by atoms with Gasteiger partial charge in [-0.2, -0.15) is 0 Å². The van der Waals surface area contributed by atoms with E-state index < -0.39 is 5.97 Å². The molecule has 1 aliphatic heterocycles. The van der Waals surface area contributed by atoms with Gasteiger partial charge in [-0.3, -0.25) is 19.3 Å². The number of anilines is 1. The normalized spacial score (nSPS) is 28.2. The zero-order valence-corrected chi connectivity index (χ0v) is 20.5. The Labute approximate surface area is 219 Å². The minimum absolute atomic E-state index is 0.135. The number of imide groups is 1. The maximum atomic E-state index is 13.3. The van der Waals surface area contributed by atoms with Crippen molar-refractivity contribution in [1.29, 1.82) is 0 Å². The van der Waals surface area contributed by atoms with Crippen molar-refractivity contribution in [3.05, 3.63) is 102 Å². The summed E-state index contributed by atoms with van der Waals surface area (Å²) in [5, 5.41) is 0. The van der Waals surface area contributed by atoms with Crippen molar-refractivity contribution in [3.8, 4) is 11.1 Å². The van der Waals surface area contributed by atoms with Crippen molar-refractivity contribution in [1.82, 2.24) is 0 Å². The Kier molecular flexibility index (Phi) is 5.18. The minimum Gasteiger partial charge on any atom is -0.454 e. The van der Waals surface area contributed by atoms with Crippen molar-refractivity contribution in [3.63, 3.8) is 0 Å². The lowest BCUT2D eigenvalue weighted by Crippen LogP contribution is -2.40. The van der Waals surface area contributed by atoms with Gasteiger partial charge in [-0.15, -0.1) is 0 Å². The van der Waals surface area contributed by atoms with E-state index in [4.69, 9.17) is 4.74 Å². The summed E-state index contributed by atoms with van der Waals surface area (Å²) in [5.74, 6) is -0.317. The lowest BCUT2D eigenvalue weighted by molar-refractivity contribution is -0.124. The highest BCUT2D eigenvalue weighted by Crippen LogP contribution is 2.65. The highest BCUT2D eigenvalue weighted by atomic mass is 16.5. The largest absolute Gasteiger partial charge is 0.454 e. The number of amides is 2. The van der Waals surface area contributed by atoms with Gasteiger partial charge in [0, 0.05) is 5.56 Å². The zero-order valence-electron chi connectivity index (χ0n) is 20.5. The lowest BCUT2D eigenvalue weighted by Gasteiger charge is -2.37. The fraction of sp³-hybridized carbons (Fsp3) is 0.250. The molecule has 6 atom stereocenters. The molecule has 2 bridgehead atoms. The van der Waals surface area contributed by atoms with Gasteiger partial charge in [0.2, 0.25) is 11.8 Å². The van der Waals surface area contributed by atoms with E-state index in [2.05, 4.69) is 12.2 Å². The molecule has 4 aliphatic carbocycles. The van der Waals surface area contributed by atoms with Crippen LogP contribution in [0.1, 0.15) is 27.1 Å². The summed E-state index contributed by atoms with van der Waals surface area (Å²) in [6, 6.07) is 23.3. The Morgan fingerprint density at radius 3 is 1.87 bits per heavy atom. The van der Waals surface area contributed by atoms with Gasteiger partial charge in [0.1, 0.15) is 0 Å². The molecule has 6 unspecified atom stereocenters. The quantitative estimate of drug-likeness (QED) is 0.206. The number of Topliss-reactive ketones (excluding diaryl/α,β-unsaturated/α-hetero) is 1. The first-order chi connectivity index (χ1) is 18.5. The molecule has 0 N–H and O–H groups in total. The van der Waals surface area contributed by atoms with Crippen LogP contribution in [0.25, 0.3) is 11.1 Å². The summed E-state index contributed by atoms with van der Waals surface area (Å²) in [5.41, 5.74) is 3.22. The Morgan fingerprint density at radius 2 is 1.26 bits per heavy atom. The van der Waals surface area contributed by atoms with Gasteiger partial charge < -0.3 is 4.74 Å². The molecule has 8 rings (SSSR count). The number of hydrogen-bond acceptors (Lipinski definition) is 5. The van der Waals surface area contributed by atoms with E-state index in [9.17, 15) is 19.2 Å². The summed E-state index contributed by atoms with van der Waals surface area (Å²) in [6.07, 6.45) is 5.41. The third-order valence-corrected chi connectivity index (χ3v) is 8.67. The molecule has 1 saturated heterocycles. The molecular formula is C32H25NO5. The predicted octanol–water partition coefficient (Wildman–Crippen LogP) is 4.95. The van der Waals surface area contributed by atoms with Crippen molar-refractivity contribution < 1.29 is 23.9 Å². The molecule has 38 heavy (non-hydrogen) atoms. The van der Waals surface area contributed by atoms with Gasteiger partial charge in [0.25, 0.3) is 0 Å². The second kappa shape index (κ2) is 8.62. The Bertz CT molecular complexity index is 1460. The number of ether oxygens (including phenoxy) is 1. The predicted molar refractivity (Wildman–Crippen MR) is 140 cm³/mol. The molecule has 188 valence electrons. The lowest BCUT2D eigenvalue weighted by atomic mass is 9.63. The first kappa shape index (κ1) is 22.8. The summed E-state index contributed by atoms with van der Waals surface area (Å²) >= 11 is 0. The van der Waals surface area contributed by atoms with E-state index in [0.29, 0.717) is 23.1 Å². The Hall–Kier alpha value is -4.32. The SMILES string of the molecule is O=C(COC(=O)c1ccc(N2C(=O)C3C4C=CC(C5CC45)C3C2=O)cc1)c1ccc(-c2ccccc2)cc1. The first-order valence-corrected chi connectivity index (χ1v) is 13.0. The van der Waals surface area contributed by atoms with Crippen LogP contribution in [0.15, 0.2) is 91.0 Å². The van der Waals surface area contributed by atoms with Crippen molar-refractivity contribution >= 4 is 29.3 Å². The molecular weight excluding hydrogens is 478 g/mol. The molecule has 3 aromatic rings. The molecule has 6 heteroatoms. The number of ketones is 1. The highest BCUT2D eigenvalue weighted by molar-refractivity contribution is 6.22. The van der Waals surface area contributed by atoms with E-state index in [-0.39, 0.29) is 53.4 Å². The van der Waals surface area contributed by atoms with Crippen LogP contribution in [0.3, 0.4) is 0 Å². The molecule has 0 aromatic heterocycles. The zero-order chi connectivity index (χ0) is 26.0. The average Bonchev–Trinajstić information content (AvgIpc) is 3.75. The molecule has 2 saturated carbocycles. The number of carbonyl (C=O) groups excluding carboxylic acids is 4. The van der Waals surface area contributed by atoms with Crippen LogP contribution in [-0.4, -0.2) is 30.2 Å². The maximum absolute atomic E-state index is 13.3. The fourth-order valence-electron chi connectivity index (χ4n) is 6.73.